The highest BCUT2D eigenvalue weighted by Gasteiger charge is 2.23. The molecular formula is C40H27N3S2. The Morgan fingerprint density at radius 3 is 2.09 bits per heavy atom. The number of unbranched alkanes of at least 4 members (excludes halogenated alkanes) is 1. The Morgan fingerprint density at radius 1 is 0.644 bits per heavy atom. The second-order valence-corrected chi connectivity index (χ2v) is 12.1. The molecule has 0 amide bonds. The second-order valence-electron chi connectivity index (χ2n) is 10.5. The lowest BCUT2D eigenvalue weighted by molar-refractivity contribution is 0.777. The highest BCUT2D eigenvalue weighted by atomic mass is 32.2. The maximum atomic E-state index is 10.1. The van der Waals surface area contributed by atoms with Crippen molar-refractivity contribution in [2.75, 3.05) is 11.4 Å². The summed E-state index contributed by atoms with van der Waals surface area (Å²) in [4.78, 5) is 5.71. The minimum atomic E-state index is 0.457. The topological polar surface area (TPSA) is 50.8 Å². The van der Waals surface area contributed by atoms with Crippen LogP contribution < -0.4 is 4.90 Å². The van der Waals surface area contributed by atoms with E-state index >= 15 is 0 Å². The summed E-state index contributed by atoms with van der Waals surface area (Å²) in [6, 6.07) is 38.4. The summed E-state index contributed by atoms with van der Waals surface area (Å²) in [6.45, 7) is 3.18. The molecule has 0 atom stereocenters. The monoisotopic (exact) mass is 613 g/mol. The maximum absolute atomic E-state index is 10.1. The quantitative estimate of drug-likeness (QED) is 0.162. The van der Waals surface area contributed by atoms with Gasteiger partial charge in [0, 0.05) is 43.5 Å². The fourth-order valence-electron chi connectivity index (χ4n) is 5.18. The molecule has 0 aliphatic carbocycles. The Labute approximate surface area is 274 Å². The normalized spacial score (nSPS) is 11.1. The van der Waals surface area contributed by atoms with Gasteiger partial charge in [0.25, 0.3) is 0 Å². The van der Waals surface area contributed by atoms with Gasteiger partial charge in [0.15, 0.2) is 0 Å². The summed E-state index contributed by atoms with van der Waals surface area (Å²) in [5, 5.41) is 19.9. The molecule has 0 saturated heterocycles. The van der Waals surface area contributed by atoms with Crippen LogP contribution in [0, 0.1) is 46.3 Å². The molecular weight excluding hydrogens is 587 g/mol. The van der Waals surface area contributed by atoms with Gasteiger partial charge < -0.3 is 4.90 Å². The van der Waals surface area contributed by atoms with Gasteiger partial charge in [0.05, 0.1) is 28.6 Å². The van der Waals surface area contributed by atoms with Crippen LogP contribution in [0.5, 0.6) is 0 Å². The molecule has 0 fully saturated rings. The van der Waals surface area contributed by atoms with Crippen LogP contribution in [0.25, 0.3) is 11.1 Å². The van der Waals surface area contributed by atoms with Crippen molar-refractivity contribution < 1.29 is 0 Å². The van der Waals surface area contributed by atoms with Crippen molar-refractivity contribution >= 4 is 35.8 Å². The predicted molar refractivity (Wildman–Crippen MR) is 186 cm³/mol. The van der Waals surface area contributed by atoms with Crippen LogP contribution in [0.1, 0.15) is 53.1 Å². The standard InChI is InChI=1S/C40H27N3S2/c1-2-3-22-43-37-6-4-5-7-39(37)45-40-25-32(17-21-38(40)43)36-20-14-30(24-34(36)27-42)11-16-31-15-10-29(23-33(31)26-41)9-8-28-12-18-35(44)19-13-28/h4-7,10,12-15,17-21,23-25,44H,2-3,22H2,1H3. The van der Waals surface area contributed by atoms with Crippen LogP contribution in [-0.4, -0.2) is 6.54 Å². The zero-order chi connectivity index (χ0) is 31.2. The lowest BCUT2D eigenvalue weighted by atomic mass is 9.97. The molecule has 1 aliphatic rings. The van der Waals surface area contributed by atoms with Crippen LogP contribution in [0.3, 0.4) is 0 Å². The number of thiol groups is 1. The van der Waals surface area contributed by atoms with Gasteiger partial charge in [0.1, 0.15) is 6.07 Å². The third kappa shape index (κ3) is 6.63. The minimum Gasteiger partial charge on any atom is -0.340 e. The van der Waals surface area contributed by atoms with Crippen LogP contribution in [0.4, 0.5) is 11.4 Å². The van der Waals surface area contributed by atoms with E-state index in [1.165, 1.54) is 21.2 Å². The number of anilines is 2. The lowest BCUT2D eigenvalue weighted by Crippen LogP contribution is -2.21. The molecule has 5 aromatic carbocycles. The first kappa shape index (κ1) is 29.8. The van der Waals surface area contributed by atoms with E-state index in [1.54, 1.807) is 17.8 Å². The van der Waals surface area contributed by atoms with Crippen LogP contribution in [0.2, 0.25) is 0 Å². The second kappa shape index (κ2) is 13.6. The lowest BCUT2D eigenvalue weighted by Gasteiger charge is -2.33. The number of benzene rings is 5. The molecule has 214 valence electrons. The van der Waals surface area contributed by atoms with Crippen molar-refractivity contribution in [1.82, 2.24) is 0 Å². The minimum absolute atomic E-state index is 0.457. The van der Waals surface area contributed by atoms with Gasteiger partial charge >= 0.3 is 0 Å². The van der Waals surface area contributed by atoms with Crippen molar-refractivity contribution in [3.05, 3.63) is 137 Å². The van der Waals surface area contributed by atoms with Crippen molar-refractivity contribution in [2.45, 2.75) is 34.5 Å². The third-order valence-corrected chi connectivity index (χ3v) is 8.92. The van der Waals surface area contributed by atoms with Gasteiger partial charge in [-0.3, -0.25) is 0 Å². The Morgan fingerprint density at radius 2 is 1.31 bits per heavy atom. The molecule has 45 heavy (non-hydrogen) atoms. The summed E-state index contributed by atoms with van der Waals surface area (Å²) in [7, 11) is 0. The highest BCUT2D eigenvalue weighted by molar-refractivity contribution is 7.99. The molecule has 6 rings (SSSR count). The predicted octanol–water partition coefficient (Wildman–Crippen LogP) is 9.59. The maximum Gasteiger partial charge on any atom is 0.100 e. The Bertz CT molecular complexity index is 2130. The Kier molecular flexibility index (Phi) is 8.96. The Hall–Kier alpha value is -5.30. The average molecular weight is 614 g/mol. The number of nitrogens with zero attached hydrogens (tertiary/aromatic N) is 3. The number of rotatable bonds is 4. The number of hydrogen-bond acceptors (Lipinski definition) is 5. The SMILES string of the molecule is CCCCN1c2ccccc2Sc2cc(-c3ccc(C#Cc4ccc(C#Cc5ccc(S)cc5)cc4C#N)cc3C#N)ccc21. The molecule has 0 saturated carbocycles. The molecule has 1 aliphatic heterocycles. The van der Waals surface area contributed by atoms with Crippen LogP contribution in [-0.2, 0) is 0 Å². The largest absolute Gasteiger partial charge is 0.340 e. The first-order chi connectivity index (χ1) is 22.1. The van der Waals surface area contributed by atoms with E-state index in [0.29, 0.717) is 22.3 Å². The molecule has 5 heteroatoms. The number of fused-ring (bicyclic) bond motifs is 2. The van der Waals surface area contributed by atoms with Gasteiger partial charge in [-0.05, 0) is 96.4 Å². The molecule has 0 N–H and O–H groups in total. The summed E-state index contributed by atoms with van der Waals surface area (Å²) in [5.41, 5.74) is 8.28. The zero-order valence-electron chi connectivity index (χ0n) is 24.6. The first-order valence-electron chi connectivity index (χ1n) is 14.7. The third-order valence-electron chi connectivity index (χ3n) is 7.51. The molecule has 0 bridgehead atoms. The molecule has 5 aromatic rings. The summed E-state index contributed by atoms with van der Waals surface area (Å²) >= 11 is 6.08. The zero-order valence-corrected chi connectivity index (χ0v) is 26.3. The van der Waals surface area contributed by atoms with E-state index in [4.69, 9.17) is 0 Å². The molecule has 0 radical (unpaired) electrons. The van der Waals surface area contributed by atoms with Gasteiger partial charge in [-0.2, -0.15) is 10.5 Å². The van der Waals surface area contributed by atoms with E-state index in [-0.39, 0.29) is 0 Å². The first-order valence-corrected chi connectivity index (χ1v) is 15.9. The molecule has 3 nitrogen and oxygen atoms in total. The van der Waals surface area contributed by atoms with Gasteiger partial charge in [-0.1, -0.05) is 73.1 Å². The van der Waals surface area contributed by atoms with Crippen LogP contribution >= 0.6 is 24.4 Å². The van der Waals surface area contributed by atoms with Crippen molar-refractivity contribution in [3.63, 3.8) is 0 Å². The van der Waals surface area contributed by atoms with Crippen molar-refractivity contribution in [1.29, 1.82) is 10.5 Å². The van der Waals surface area contributed by atoms with Gasteiger partial charge in [-0.15, -0.1) is 12.6 Å². The Balaban J connectivity index is 1.26. The molecule has 0 aromatic heterocycles. The van der Waals surface area contributed by atoms with Gasteiger partial charge in [0.2, 0.25) is 0 Å². The number of nitriles is 2. The highest BCUT2D eigenvalue weighted by Crippen LogP contribution is 2.49. The summed E-state index contributed by atoms with van der Waals surface area (Å²) in [5.74, 6) is 12.5. The summed E-state index contributed by atoms with van der Waals surface area (Å²) < 4.78 is 0. The van der Waals surface area contributed by atoms with E-state index in [2.05, 4.69) is 103 Å². The molecule has 0 unspecified atom stereocenters. The number of hydrogen-bond donors (Lipinski definition) is 1. The van der Waals surface area contributed by atoms with E-state index in [9.17, 15) is 10.5 Å². The van der Waals surface area contributed by atoms with Gasteiger partial charge in [-0.25, -0.2) is 0 Å². The van der Waals surface area contributed by atoms with Crippen LogP contribution in [0.15, 0.2) is 118 Å². The average Bonchev–Trinajstić information content (AvgIpc) is 3.08. The molecule has 0 spiro atoms. The van der Waals surface area contributed by atoms with Crippen molar-refractivity contribution in [3.8, 4) is 46.9 Å². The van der Waals surface area contributed by atoms with E-state index in [0.717, 1.165) is 46.5 Å². The van der Waals surface area contributed by atoms with E-state index in [1.807, 2.05) is 54.6 Å². The van der Waals surface area contributed by atoms with E-state index < -0.39 is 0 Å². The smallest absolute Gasteiger partial charge is 0.100 e. The summed E-state index contributed by atoms with van der Waals surface area (Å²) in [6.07, 6.45) is 2.24. The van der Waals surface area contributed by atoms with Crippen molar-refractivity contribution in [2.24, 2.45) is 0 Å². The fraction of sp³-hybridized carbons (Fsp3) is 0.100. The number of para-hydroxylation sites is 1. The molecule has 1 heterocycles. The fourth-order valence-corrected chi connectivity index (χ4v) is 6.46.